The fourth-order valence-electron chi connectivity index (χ4n) is 3.26. The van der Waals surface area contributed by atoms with Gasteiger partial charge >= 0.3 is 0 Å². The number of nitrogens with zero attached hydrogens (tertiary/aromatic N) is 2. The maximum atomic E-state index is 13.8. The van der Waals surface area contributed by atoms with Crippen LogP contribution in [-0.4, -0.2) is 30.3 Å². The highest BCUT2D eigenvalue weighted by Gasteiger charge is 2.34. The Bertz CT molecular complexity index is 1020. The van der Waals surface area contributed by atoms with Crippen molar-refractivity contribution < 1.29 is 18.3 Å². The summed E-state index contributed by atoms with van der Waals surface area (Å²) in [4.78, 5) is 12.9. The highest BCUT2D eigenvalue weighted by molar-refractivity contribution is 6.03. The van der Waals surface area contributed by atoms with Crippen molar-refractivity contribution in [1.82, 2.24) is 5.01 Å². The van der Waals surface area contributed by atoms with Gasteiger partial charge < -0.3 is 14.5 Å². The van der Waals surface area contributed by atoms with Crippen molar-refractivity contribution in [3.05, 3.63) is 84.1 Å². The molecular weight excluding hydrogens is 373 g/mol. The Morgan fingerprint density at radius 3 is 2.69 bits per heavy atom. The molecule has 29 heavy (non-hydrogen) atoms. The molecule has 1 unspecified atom stereocenters. The lowest BCUT2D eigenvalue weighted by Crippen LogP contribution is -2.32. The number of furan rings is 1. The van der Waals surface area contributed by atoms with Gasteiger partial charge in [0.15, 0.2) is 0 Å². The lowest BCUT2D eigenvalue weighted by molar-refractivity contribution is -0.131. The number of amides is 1. The van der Waals surface area contributed by atoms with Crippen molar-refractivity contribution in [2.45, 2.75) is 12.5 Å². The van der Waals surface area contributed by atoms with Crippen LogP contribution in [0.2, 0.25) is 0 Å². The maximum absolute atomic E-state index is 13.8. The minimum Gasteiger partial charge on any atom is -0.497 e. The number of rotatable bonds is 6. The standard InChI is InChI=1S/C22H20FN3O3/c1-28-16-10-8-15(9-11-16)19-13-20(21-7-4-12-29-21)26(25-19)22(27)14-24-18-6-3-2-5-17(18)23/h2-12,20,24H,13-14H2,1H3. The van der Waals surface area contributed by atoms with Crippen LogP contribution < -0.4 is 10.1 Å². The van der Waals surface area contributed by atoms with Gasteiger partial charge in [0.25, 0.3) is 5.91 Å². The normalized spacial score (nSPS) is 15.9. The molecule has 0 aliphatic carbocycles. The molecule has 4 rings (SSSR count). The van der Waals surface area contributed by atoms with E-state index in [1.165, 1.54) is 11.1 Å². The Hall–Kier alpha value is -3.61. The van der Waals surface area contributed by atoms with Crippen LogP contribution in [0, 0.1) is 5.82 Å². The van der Waals surface area contributed by atoms with Crippen LogP contribution >= 0.6 is 0 Å². The highest BCUT2D eigenvalue weighted by atomic mass is 19.1. The number of carbonyl (C=O) groups excluding carboxylic acids is 1. The molecule has 148 valence electrons. The van der Waals surface area contributed by atoms with Crippen molar-refractivity contribution in [3.8, 4) is 5.75 Å². The van der Waals surface area contributed by atoms with Crippen LogP contribution in [0.1, 0.15) is 23.8 Å². The molecule has 1 aromatic heterocycles. The summed E-state index contributed by atoms with van der Waals surface area (Å²) in [5, 5.41) is 8.80. The average Bonchev–Trinajstić information content (AvgIpc) is 3.43. The third-order valence-corrected chi connectivity index (χ3v) is 4.76. The number of nitrogens with one attached hydrogen (secondary N) is 1. The predicted octanol–water partition coefficient (Wildman–Crippen LogP) is 4.22. The van der Waals surface area contributed by atoms with E-state index in [4.69, 9.17) is 9.15 Å². The monoisotopic (exact) mass is 393 g/mol. The van der Waals surface area contributed by atoms with Crippen LogP contribution in [0.5, 0.6) is 5.75 Å². The Balaban J connectivity index is 1.55. The summed E-state index contributed by atoms with van der Waals surface area (Å²) in [5.74, 6) is 0.707. The summed E-state index contributed by atoms with van der Waals surface area (Å²) in [6, 6.07) is 17.0. The number of hydrogen-bond acceptors (Lipinski definition) is 5. The molecule has 0 saturated carbocycles. The first-order valence-corrected chi connectivity index (χ1v) is 9.21. The van der Waals surface area contributed by atoms with E-state index in [9.17, 15) is 9.18 Å². The molecular formula is C22H20FN3O3. The first kappa shape index (κ1) is 18.7. The largest absolute Gasteiger partial charge is 0.497 e. The van der Waals surface area contributed by atoms with Crippen molar-refractivity contribution >= 4 is 17.3 Å². The molecule has 1 N–H and O–H groups in total. The van der Waals surface area contributed by atoms with Gasteiger partial charge in [-0.1, -0.05) is 12.1 Å². The van der Waals surface area contributed by atoms with Crippen molar-refractivity contribution in [3.63, 3.8) is 0 Å². The molecule has 3 aromatic rings. The van der Waals surface area contributed by atoms with Gasteiger partial charge in [-0.25, -0.2) is 9.40 Å². The number of hydrogen-bond donors (Lipinski definition) is 1. The smallest absolute Gasteiger partial charge is 0.262 e. The van der Waals surface area contributed by atoms with Crippen molar-refractivity contribution in [1.29, 1.82) is 0 Å². The topological polar surface area (TPSA) is 67.1 Å². The molecule has 2 heterocycles. The maximum Gasteiger partial charge on any atom is 0.262 e. The number of carbonyl (C=O) groups is 1. The number of anilines is 1. The Kier molecular flexibility index (Phi) is 5.29. The fourth-order valence-corrected chi connectivity index (χ4v) is 3.26. The second-order valence-electron chi connectivity index (χ2n) is 6.58. The molecule has 1 amide bonds. The summed E-state index contributed by atoms with van der Waals surface area (Å²) < 4.78 is 24.6. The van der Waals surface area contributed by atoms with E-state index < -0.39 is 5.82 Å². The lowest BCUT2D eigenvalue weighted by atomic mass is 10.0. The van der Waals surface area contributed by atoms with Gasteiger partial charge in [0.2, 0.25) is 0 Å². The average molecular weight is 393 g/mol. The van der Waals surface area contributed by atoms with E-state index in [1.54, 1.807) is 37.6 Å². The second kappa shape index (κ2) is 8.18. The van der Waals surface area contributed by atoms with Gasteiger partial charge in [-0.05, 0) is 54.1 Å². The number of benzene rings is 2. The first-order valence-electron chi connectivity index (χ1n) is 9.21. The van der Waals surface area contributed by atoms with E-state index in [0.29, 0.717) is 12.2 Å². The van der Waals surface area contributed by atoms with E-state index >= 15 is 0 Å². The number of hydrazone groups is 1. The third-order valence-electron chi connectivity index (χ3n) is 4.76. The summed E-state index contributed by atoms with van der Waals surface area (Å²) in [6.45, 7) is -0.0858. The van der Waals surface area contributed by atoms with Gasteiger partial charge in [-0.15, -0.1) is 0 Å². The zero-order valence-electron chi connectivity index (χ0n) is 15.8. The number of halogens is 1. The first-order chi connectivity index (χ1) is 14.2. The van der Waals surface area contributed by atoms with Crippen LogP contribution in [0.3, 0.4) is 0 Å². The molecule has 0 bridgehead atoms. The second-order valence-corrected chi connectivity index (χ2v) is 6.58. The van der Waals surface area contributed by atoms with E-state index in [1.807, 2.05) is 30.3 Å². The minimum atomic E-state index is -0.410. The molecule has 6 nitrogen and oxygen atoms in total. The Morgan fingerprint density at radius 1 is 1.21 bits per heavy atom. The number of para-hydroxylation sites is 1. The summed E-state index contributed by atoms with van der Waals surface area (Å²) in [7, 11) is 1.61. The quantitative estimate of drug-likeness (QED) is 0.681. The van der Waals surface area contributed by atoms with E-state index in [2.05, 4.69) is 10.4 Å². The summed E-state index contributed by atoms with van der Waals surface area (Å²) >= 11 is 0. The molecule has 0 fully saturated rings. The van der Waals surface area contributed by atoms with Gasteiger partial charge in [-0.2, -0.15) is 5.10 Å². The predicted molar refractivity (Wildman–Crippen MR) is 107 cm³/mol. The molecule has 2 aromatic carbocycles. The lowest BCUT2D eigenvalue weighted by Gasteiger charge is -2.20. The minimum absolute atomic E-state index is 0.0858. The fraction of sp³-hybridized carbons (Fsp3) is 0.182. The van der Waals surface area contributed by atoms with Gasteiger partial charge in [0, 0.05) is 6.42 Å². The Labute approximate surface area is 167 Å². The van der Waals surface area contributed by atoms with Crippen molar-refractivity contribution in [2.24, 2.45) is 5.10 Å². The molecule has 0 saturated heterocycles. The van der Waals surface area contributed by atoms with Crippen LogP contribution in [0.4, 0.5) is 10.1 Å². The molecule has 1 atom stereocenters. The van der Waals surface area contributed by atoms with Gasteiger partial charge in [0.05, 0.1) is 31.3 Å². The van der Waals surface area contributed by atoms with Crippen LogP contribution in [0.15, 0.2) is 76.4 Å². The Morgan fingerprint density at radius 2 is 2.00 bits per heavy atom. The molecule has 7 heteroatoms. The van der Waals surface area contributed by atoms with E-state index in [-0.39, 0.29) is 24.2 Å². The summed E-state index contributed by atoms with van der Waals surface area (Å²) in [5.41, 5.74) is 1.95. The molecule has 0 radical (unpaired) electrons. The zero-order valence-corrected chi connectivity index (χ0v) is 15.8. The number of ether oxygens (including phenoxy) is 1. The van der Waals surface area contributed by atoms with Crippen LogP contribution in [0.25, 0.3) is 0 Å². The molecule has 0 spiro atoms. The van der Waals surface area contributed by atoms with Crippen LogP contribution in [-0.2, 0) is 4.79 Å². The van der Waals surface area contributed by atoms with E-state index in [0.717, 1.165) is 17.0 Å². The van der Waals surface area contributed by atoms with Gasteiger partial charge in [0.1, 0.15) is 23.4 Å². The number of methoxy groups -OCH3 is 1. The third kappa shape index (κ3) is 3.99. The summed E-state index contributed by atoms with van der Waals surface area (Å²) in [6.07, 6.45) is 2.09. The van der Waals surface area contributed by atoms with Gasteiger partial charge in [-0.3, -0.25) is 4.79 Å². The van der Waals surface area contributed by atoms with Crippen molar-refractivity contribution in [2.75, 3.05) is 19.0 Å². The highest BCUT2D eigenvalue weighted by Crippen LogP contribution is 2.33. The molecule has 1 aliphatic heterocycles. The SMILES string of the molecule is COc1ccc(C2=NN(C(=O)CNc3ccccc3F)C(c3ccco3)C2)cc1. The molecule has 1 aliphatic rings. The zero-order chi connectivity index (χ0) is 20.2.